The van der Waals surface area contributed by atoms with Crippen LogP contribution in [0.25, 0.3) is 0 Å². The van der Waals surface area contributed by atoms with Crippen molar-refractivity contribution in [1.82, 2.24) is 9.47 Å². The Hall–Kier alpha value is -1.09. The van der Waals surface area contributed by atoms with Gasteiger partial charge in [-0.25, -0.2) is 0 Å². The van der Waals surface area contributed by atoms with Crippen molar-refractivity contribution in [2.75, 3.05) is 20.6 Å². The van der Waals surface area contributed by atoms with Gasteiger partial charge in [0.15, 0.2) is 5.78 Å². The van der Waals surface area contributed by atoms with Crippen molar-refractivity contribution in [3.8, 4) is 0 Å². The van der Waals surface area contributed by atoms with E-state index in [-0.39, 0.29) is 5.78 Å². The van der Waals surface area contributed by atoms with E-state index in [1.807, 2.05) is 13.0 Å². The number of hydrogen-bond donors (Lipinski definition) is 0. The lowest BCUT2D eigenvalue weighted by Crippen LogP contribution is -2.19. The SMILES string of the molecule is CC(=O)c1cc(C)n(CCN(C)C)c1C. The van der Waals surface area contributed by atoms with Gasteiger partial charge in [-0.05, 0) is 40.9 Å². The first kappa shape index (κ1) is 12.0. The number of hydrogen-bond acceptors (Lipinski definition) is 2. The molecule has 0 aromatic carbocycles. The maximum Gasteiger partial charge on any atom is 0.161 e. The summed E-state index contributed by atoms with van der Waals surface area (Å²) in [7, 11) is 4.11. The predicted octanol–water partition coefficient (Wildman–Crippen LogP) is 1.87. The van der Waals surface area contributed by atoms with Crippen LogP contribution < -0.4 is 0 Å². The molecular weight excluding hydrogens is 188 g/mol. The summed E-state index contributed by atoms with van der Waals surface area (Å²) < 4.78 is 2.21. The second-order valence-corrected chi connectivity index (χ2v) is 4.30. The normalized spacial score (nSPS) is 11.1. The van der Waals surface area contributed by atoms with Crippen molar-refractivity contribution in [3.63, 3.8) is 0 Å². The van der Waals surface area contributed by atoms with Crippen LogP contribution in [-0.2, 0) is 6.54 Å². The third-order valence-electron chi connectivity index (χ3n) is 2.72. The third-order valence-corrected chi connectivity index (χ3v) is 2.72. The Balaban J connectivity index is 2.93. The first-order valence-corrected chi connectivity index (χ1v) is 5.26. The molecule has 1 aromatic heterocycles. The molecule has 0 radical (unpaired) electrons. The van der Waals surface area contributed by atoms with Crippen molar-refractivity contribution in [2.45, 2.75) is 27.3 Å². The lowest BCUT2D eigenvalue weighted by Gasteiger charge is -2.13. The van der Waals surface area contributed by atoms with Crippen LogP contribution in [0.15, 0.2) is 6.07 Å². The summed E-state index contributed by atoms with van der Waals surface area (Å²) >= 11 is 0. The summed E-state index contributed by atoms with van der Waals surface area (Å²) in [5, 5.41) is 0. The Morgan fingerprint density at radius 1 is 1.40 bits per heavy atom. The van der Waals surface area contributed by atoms with E-state index >= 15 is 0 Å². The molecule has 0 saturated carbocycles. The summed E-state index contributed by atoms with van der Waals surface area (Å²) in [6.45, 7) is 7.62. The fraction of sp³-hybridized carbons (Fsp3) is 0.583. The first-order valence-electron chi connectivity index (χ1n) is 5.26. The van der Waals surface area contributed by atoms with Crippen LogP contribution in [0.2, 0.25) is 0 Å². The summed E-state index contributed by atoms with van der Waals surface area (Å²) in [5.41, 5.74) is 3.10. The number of aryl methyl sites for hydroxylation is 1. The molecule has 15 heavy (non-hydrogen) atoms. The summed E-state index contributed by atoms with van der Waals surface area (Å²) in [5.74, 6) is 0.152. The quantitative estimate of drug-likeness (QED) is 0.706. The van der Waals surface area contributed by atoms with E-state index < -0.39 is 0 Å². The molecule has 3 heteroatoms. The summed E-state index contributed by atoms with van der Waals surface area (Å²) in [6.07, 6.45) is 0. The fourth-order valence-electron chi connectivity index (χ4n) is 1.80. The maximum atomic E-state index is 11.3. The molecule has 0 aliphatic rings. The van der Waals surface area contributed by atoms with Crippen LogP contribution >= 0.6 is 0 Å². The second-order valence-electron chi connectivity index (χ2n) is 4.30. The number of Topliss-reactive ketones (excluding diaryl/α,β-unsaturated/α-hetero) is 1. The van der Waals surface area contributed by atoms with E-state index in [2.05, 4.69) is 30.5 Å². The van der Waals surface area contributed by atoms with Crippen LogP contribution in [0.5, 0.6) is 0 Å². The molecule has 0 spiro atoms. The second kappa shape index (κ2) is 4.62. The summed E-state index contributed by atoms with van der Waals surface area (Å²) in [6, 6.07) is 1.98. The molecule has 0 unspecified atom stereocenters. The molecule has 1 rings (SSSR count). The molecular formula is C12H20N2O. The molecule has 84 valence electrons. The van der Waals surface area contributed by atoms with Gasteiger partial charge in [-0.1, -0.05) is 0 Å². The molecule has 3 nitrogen and oxygen atoms in total. The minimum absolute atomic E-state index is 0.152. The molecule has 0 fully saturated rings. The lowest BCUT2D eigenvalue weighted by molar-refractivity contribution is 0.101. The van der Waals surface area contributed by atoms with E-state index in [0.29, 0.717) is 0 Å². The summed E-state index contributed by atoms with van der Waals surface area (Å²) in [4.78, 5) is 13.5. The minimum Gasteiger partial charge on any atom is -0.347 e. The topological polar surface area (TPSA) is 25.2 Å². The molecule has 0 atom stereocenters. The van der Waals surface area contributed by atoms with Gasteiger partial charge >= 0.3 is 0 Å². The van der Waals surface area contributed by atoms with Gasteiger partial charge in [0.2, 0.25) is 0 Å². The molecule has 0 amide bonds. The molecule has 0 aliphatic heterocycles. The minimum atomic E-state index is 0.152. The Labute approximate surface area is 91.7 Å². The highest BCUT2D eigenvalue weighted by Gasteiger charge is 2.11. The van der Waals surface area contributed by atoms with Gasteiger partial charge in [-0.3, -0.25) is 4.79 Å². The third kappa shape index (κ3) is 2.69. The Morgan fingerprint density at radius 2 is 2.00 bits per heavy atom. The van der Waals surface area contributed by atoms with Gasteiger partial charge < -0.3 is 9.47 Å². The van der Waals surface area contributed by atoms with Gasteiger partial charge in [-0.15, -0.1) is 0 Å². The van der Waals surface area contributed by atoms with Gasteiger partial charge in [0.1, 0.15) is 0 Å². The zero-order chi connectivity index (χ0) is 11.6. The van der Waals surface area contributed by atoms with Crippen LogP contribution in [0, 0.1) is 13.8 Å². The Bertz CT molecular complexity index is 364. The highest BCUT2D eigenvalue weighted by atomic mass is 16.1. The average Bonchev–Trinajstić information content (AvgIpc) is 2.39. The van der Waals surface area contributed by atoms with Gasteiger partial charge in [-0.2, -0.15) is 0 Å². The van der Waals surface area contributed by atoms with Gasteiger partial charge in [0.05, 0.1) is 0 Å². The fourth-order valence-corrected chi connectivity index (χ4v) is 1.80. The standard InChI is InChI=1S/C12H20N2O/c1-9-8-12(11(3)15)10(2)14(9)7-6-13(4)5/h8H,6-7H2,1-5H3. The highest BCUT2D eigenvalue weighted by molar-refractivity contribution is 5.95. The lowest BCUT2D eigenvalue weighted by atomic mass is 10.2. The number of carbonyl (C=O) groups excluding carboxylic acids is 1. The smallest absolute Gasteiger partial charge is 0.161 e. The van der Waals surface area contributed by atoms with Crippen LogP contribution in [0.1, 0.15) is 28.7 Å². The van der Waals surface area contributed by atoms with Crippen LogP contribution in [-0.4, -0.2) is 35.9 Å². The molecule has 1 aromatic rings. The highest BCUT2D eigenvalue weighted by Crippen LogP contribution is 2.15. The van der Waals surface area contributed by atoms with Crippen molar-refractivity contribution < 1.29 is 4.79 Å². The van der Waals surface area contributed by atoms with Crippen molar-refractivity contribution in [1.29, 1.82) is 0 Å². The van der Waals surface area contributed by atoms with Crippen molar-refractivity contribution in [3.05, 3.63) is 23.0 Å². The number of aromatic nitrogens is 1. The van der Waals surface area contributed by atoms with Crippen LogP contribution in [0.3, 0.4) is 0 Å². The van der Waals surface area contributed by atoms with E-state index in [1.165, 1.54) is 5.69 Å². The van der Waals surface area contributed by atoms with Crippen molar-refractivity contribution >= 4 is 5.78 Å². The molecule has 0 aliphatic carbocycles. The zero-order valence-corrected chi connectivity index (χ0v) is 10.3. The number of carbonyl (C=O) groups is 1. The zero-order valence-electron chi connectivity index (χ0n) is 10.3. The van der Waals surface area contributed by atoms with E-state index in [4.69, 9.17) is 0 Å². The molecule has 0 bridgehead atoms. The number of ketones is 1. The molecule has 0 saturated heterocycles. The van der Waals surface area contributed by atoms with E-state index in [1.54, 1.807) is 6.92 Å². The van der Waals surface area contributed by atoms with Crippen molar-refractivity contribution in [2.24, 2.45) is 0 Å². The Kier molecular flexibility index (Phi) is 3.69. The van der Waals surface area contributed by atoms with Crippen LogP contribution in [0.4, 0.5) is 0 Å². The molecule has 1 heterocycles. The monoisotopic (exact) mass is 208 g/mol. The van der Waals surface area contributed by atoms with Gasteiger partial charge in [0, 0.05) is 30.0 Å². The Morgan fingerprint density at radius 3 is 2.40 bits per heavy atom. The predicted molar refractivity (Wildman–Crippen MR) is 62.5 cm³/mol. The largest absolute Gasteiger partial charge is 0.347 e. The average molecular weight is 208 g/mol. The van der Waals surface area contributed by atoms with E-state index in [9.17, 15) is 4.79 Å². The van der Waals surface area contributed by atoms with Gasteiger partial charge in [0.25, 0.3) is 0 Å². The number of likely N-dealkylation sites (N-methyl/N-ethyl adjacent to an activating group) is 1. The van der Waals surface area contributed by atoms with E-state index in [0.717, 1.165) is 24.3 Å². The molecule has 0 N–H and O–H groups in total. The first-order chi connectivity index (χ1) is 6.93. The maximum absolute atomic E-state index is 11.3. The number of rotatable bonds is 4. The number of nitrogens with zero attached hydrogens (tertiary/aromatic N) is 2.